The molecule has 2 heterocycles. The summed E-state index contributed by atoms with van der Waals surface area (Å²) < 4.78 is 0. The average molecular weight is 319 g/mol. The van der Waals surface area contributed by atoms with E-state index < -0.39 is 0 Å². The van der Waals surface area contributed by atoms with Crippen LogP contribution in [0.3, 0.4) is 0 Å². The fourth-order valence-electron chi connectivity index (χ4n) is 2.33. The van der Waals surface area contributed by atoms with Crippen molar-refractivity contribution in [2.75, 3.05) is 43.4 Å². The standard InChI is InChI=1S/C15H19ClN6/c1-11-17-14(19-13-5-3-12(16)4-6-13)20-15(18-11)22-9-7-21(2)8-10-22/h3-6H,7-10H2,1-2H3,(H,17,18,19,20). The third-order valence-electron chi connectivity index (χ3n) is 3.62. The van der Waals surface area contributed by atoms with Gasteiger partial charge in [-0.25, -0.2) is 0 Å². The molecule has 1 aromatic heterocycles. The lowest BCUT2D eigenvalue weighted by Crippen LogP contribution is -2.45. The van der Waals surface area contributed by atoms with Gasteiger partial charge in [-0.15, -0.1) is 0 Å². The van der Waals surface area contributed by atoms with Crippen LogP contribution in [-0.4, -0.2) is 53.1 Å². The molecule has 0 amide bonds. The zero-order valence-electron chi connectivity index (χ0n) is 12.8. The van der Waals surface area contributed by atoms with Gasteiger partial charge in [-0.1, -0.05) is 11.6 Å². The molecule has 1 aliphatic rings. The van der Waals surface area contributed by atoms with E-state index in [-0.39, 0.29) is 0 Å². The highest BCUT2D eigenvalue weighted by Crippen LogP contribution is 2.18. The van der Waals surface area contributed by atoms with Crippen LogP contribution >= 0.6 is 11.6 Å². The highest BCUT2D eigenvalue weighted by atomic mass is 35.5. The Hall–Kier alpha value is -1.92. The van der Waals surface area contributed by atoms with Gasteiger partial charge in [0.1, 0.15) is 5.82 Å². The number of hydrogen-bond acceptors (Lipinski definition) is 6. The first-order valence-electron chi connectivity index (χ1n) is 7.29. The van der Waals surface area contributed by atoms with Crippen LogP contribution < -0.4 is 10.2 Å². The second kappa shape index (κ2) is 6.46. The van der Waals surface area contributed by atoms with Crippen molar-refractivity contribution < 1.29 is 0 Å². The van der Waals surface area contributed by atoms with Gasteiger partial charge in [-0.3, -0.25) is 0 Å². The van der Waals surface area contributed by atoms with Crippen LogP contribution in [-0.2, 0) is 0 Å². The van der Waals surface area contributed by atoms with Gasteiger partial charge in [0.05, 0.1) is 0 Å². The van der Waals surface area contributed by atoms with Crippen LogP contribution in [0.25, 0.3) is 0 Å². The van der Waals surface area contributed by atoms with Crippen LogP contribution in [0.5, 0.6) is 0 Å². The summed E-state index contributed by atoms with van der Waals surface area (Å²) in [4.78, 5) is 17.9. The Morgan fingerprint density at radius 1 is 1.00 bits per heavy atom. The van der Waals surface area contributed by atoms with Gasteiger partial charge in [0, 0.05) is 36.9 Å². The molecule has 0 bridgehead atoms. The molecule has 0 spiro atoms. The molecular formula is C15H19ClN6. The van der Waals surface area contributed by atoms with Crippen LogP contribution in [0.1, 0.15) is 5.82 Å². The van der Waals surface area contributed by atoms with Crippen molar-refractivity contribution in [3.05, 3.63) is 35.1 Å². The van der Waals surface area contributed by atoms with Crippen molar-refractivity contribution in [3.8, 4) is 0 Å². The van der Waals surface area contributed by atoms with Gasteiger partial charge in [-0.2, -0.15) is 15.0 Å². The molecule has 3 rings (SSSR count). The second-order valence-corrected chi connectivity index (χ2v) is 5.86. The lowest BCUT2D eigenvalue weighted by Gasteiger charge is -2.32. The predicted octanol–water partition coefficient (Wildman–Crippen LogP) is 2.33. The van der Waals surface area contributed by atoms with Crippen molar-refractivity contribution in [3.63, 3.8) is 0 Å². The molecule has 2 aromatic rings. The second-order valence-electron chi connectivity index (χ2n) is 5.43. The predicted molar refractivity (Wildman–Crippen MR) is 89.0 cm³/mol. The molecular weight excluding hydrogens is 300 g/mol. The maximum Gasteiger partial charge on any atom is 0.232 e. The number of hydrogen-bond donors (Lipinski definition) is 1. The zero-order chi connectivity index (χ0) is 15.5. The van der Waals surface area contributed by atoms with E-state index in [4.69, 9.17) is 11.6 Å². The van der Waals surface area contributed by atoms with Crippen molar-refractivity contribution in [2.24, 2.45) is 0 Å². The molecule has 0 unspecified atom stereocenters. The maximum atomic E-state index is 5.90. The highest BCUT2D eigenvalue weighted by Gasteiger charge is 2.17. The van der Waals surface area contributed by atoms with E-state index in [1.165, 1.54) is 0 Å². The number of likely N-dealkylation sites (N-methyl/N-ethyl adjacent to an activating group) is 1. The van der Waals surface area contributed by atoms with Crippen molar-refractivity contribution in [2.45, 2.75) is 6.92 Å². The Bertz CT molecular complexity index is 637. The lowest BCUT2D eigenvalue weighted by atomic mass is 10.3. The molecule has 1 saturated heterocycles. The summed E-state index contributed by atoms with van der Waals surface area (Å²) in [6.07, 6.45) is 0. The Labute approximate surface area is 135 Å². The summed E-state index contributed by atoms with van der Waals surface area (Å²) in [5.74, 6) is 2.00. The summed E-state index contributed by atoms with van der Waals surface area (Å²) in [5.41, 5.74) is 0.902. The normalized spacial score (nSPS) is 15.9. The average Bonchev–Trinajstić information content (AvgIpc) is 2.50. The van der Waals surface area contributed by atoms with Gasteiger partial charge in [-0.05, 0) is 38.2 Å². The Morgan fingerprint density at radius 3 is 2.36 bits per heavy atom. The first kappa shape index (κ1) is 15.0. The number of aryl methyl sites for hydroxylation is 1. The minimum atomic E-state index is 0.559. The summed E-state index contributed by atoms with van der Waals surface area (Å²) in [6, 6.07) is 7.46. The quantitative estimate of drug-likeness (QED) is 0.937. The SMILES string of the molecule is Cc1nc(Nc2ccc(Cl)cc2)nc(N2CCN(C)CC2)n1. The third kappa shape index (κ3) is 3.64. The van der Waals surface area contributed by atoms with Crippen LogP contribution in [0.2, 0.25) is 5.02 Å². The number of piperazine rings is 1. The number of nitrogens with zero attached hydrogens (tertiary/aromatic N) is 5. The van der Waals surface area contributed by atoms with Gasteiger partial charge in [0.2, 0.25) is 11.9 Å². The molecule has 22 heavy (non-hydrogen) atoms. The largest absolute Gasteiger partial charge is 0.338 e. The molecule has 116 valence electrons. The van der Waals surface area contributed by atoms with E-state index in [1.807, 2.05) is 31.2 Å². The third-order valence-corrected chi connectivity index (χ3v) is 3.87. The summed E-state index contributed by atoms with van der Waals surface area (Å²) in [5, 5.41) is 3.91. The highest BCUT2D eigenvalue weighted by molar-refractivity contribution is 6.30. The van der Waals surface area contributed by atoms with E-state index in [2.05, 4.69) is 37.1 Å². The number of benzene rings is 1. The van der Waals surface area contributed by atoms with Crippen LogP contribution in [0, 0.1) is 6.92 Å². The topological polar surface area (TPSA) is 57.2 Å². The Kier molecular flexibility index (Phi) is 4.40. The first-order chi connectivity index (χ1) is 10.6. The lowest BCUT2D eigenvalue weighted by molar-refractivity contribution is 0.311. The Morgan fingerprint density at radius 2 is 1.68 bits per heavy atom. The number of anilines is 3. The van der Waals surface area contributed by atoms with E-state index >= 15 is 0 Å². The molecule has 0 saturated carbocycles. The Balaban J connectivity index is 1.79. The van der Waals surface area contributed by atoms with E-state index in [9.17, 15) is 0 Å². The van der Waals surface area contributed by atoms with Gasteiger partial charge in [0.15, 0.2) is 0 Å². The monoisotopic (exact) mass is 318 g/mol. The van der Waals surface area contributed by atoms with E-state index in [0.717, 1.165) is 37.8 Å². The molecule has 1 aromatic carbocycles. The molecule has 1 N–H and O–H groups in total. The minimum Gasteiger partial charge on any atom is -0.338 e. The molecule has 1 aliphatic heterocycles. The number of aromatic nitrogens is 3. The molecule has 0 radical (unpaired) electrons. The van der Waals surface area contributed by atoms with Gasteiger partial charge in [0.25, 0.3) is 0 Å². The fourth-order valence-corrected chi connectivity index (χ4v) is 2.46. The van der Waals surface area contributed by atoms with Crippen molar-refractivity contribution in [1.29, 1.82) is 0 Å². The van der Waals surface area contributed by atoms with Crippen LogP contribution in [0.15, 0.2) is 24.3 Å². The summed E-state index contributed by atoms with van der Waals surface area (Å²) >= 11 is 5.90. The fraction of sp³-hybridized carbons (Fsp3) is 0.400. The van der Waals surface area contributed by atoms with Gasteiger partial charge >= 0.3 is 0 Å². The molecule has 6 nitrogen and oxygen atoms in total. The van der Waals surface area contributed by atoms with Gasteiger partial charge < -0.3 is 15.1 Å². The molecule has 1 fully saturated rings. The number of nitrogens with one attached hydrogen (secondary N) is 1. The molecule has 0 atom stereocenters. The summed E-state index contributed by atoms with van der Waals surface area (Å²) in [6.45, 7) is 5.78. The smallest absolute Gasteiger partial charge is 0.232 e. The number of rotatable bonds is 3. The minimum absolute atomic E-state index is 0.559. The molecule has 7 heteroatoms. The zero-order valence-corrected chi connectivity index (χ0v) is 13.5. The maximum absolute atomic E-state index is 5.90. The van der Waals surface area contributed by atoms with Crippen molar-refractivity contribution >= 4 is 29.2 Å². The van der Waals surface area contributed by atoms with E-state index in [0.29, 0.717) is 16.8 Å². The first-order valence-corrected chi connectivity index (χ1v) is 7.67. The summed E-state index contributed by atoms with van der Waals surface area (Å²) in [7, 11) is 2.13. The van der Waals surface area contributed by atoms with Crippen molar-refractivity contribution in [1.82, 2.24) is 19.9 Å². The molecule has 0 aliphatic carbocycles. The number of halogens is 1. The van der Waals surface area contributed by atoms with Crippen LogP contribution in [0.4, 0.5) is 17.6 Å². The van der Waals surface area contributed by atoms with E-state index in [1.54, 1.807) is 0 Å².